The Morgan fingerprint density at radius 2 is 2.15 bits per heavy atom. The monoisotopic (exact) mass is 312 g/mol. The van der Waals surface area contributed by atoms with Crippen molar-refractivity contribution in [2.45, 2.75) is 23.6 Å². The van der Waals surface area contributed by atoms with Crippen LogP contribution >= 0.6 is 11.3 Å². The van der Waals surface area contributed by atoms with E-state index in [2.05, 4.69) is 17.5 Å². The van der Waals surface area contributed by atoms with Crippen molar-refractivity contribution in [3.63, 3.8) is 0 Å². The molecule has 2 aliphatic rings. The van der Waals surface area contributed by atoms with Gasteiger partial charge in [-0.15, -0.1) is 11.3 Å². The third-order valence-corrected chi connectivity index (χ3v) is 6.49. The Balaban J connectivity index is 1.58. The molecule has 108 valence electrons. The van der Waals surface area contributed by atoms with Crippen LogP contribution in [0.3, 0.4) is 0 Å². The van der Waals surface area contributed by atoms with E-state index >= 15 is 0 Å². The quantitative estimate of drug-likeness (QED) is 0.819. The first-order valence-corrected chi connectivity index (χ1v) is 8.87. The SMILES string of the molecule is NS(=O)(=O)c1ccc(CNC(=O)C2CC3C=CC2C3)s1. The van der Waals surface area contributed by atoms with Crippen molar-refractivity contribution in [3.05, 3.63) is 29.2 Å². The largest absolute Gasteiger partial charge is 0.351 e. The maximum Gasteiger partial charge on any atom is 0.247 e. The maximum atomic E-state index is 12.1. The number of hydrogen-bond acceptors (Lipinski definition) is 4. The van der Waals surface area contributed by atoms with E-state index in [1.54, 1.807) is 6.07 Å². The minimum Gasteiger partial charge on any atom is -0.351 e. The second kappa shape index (κ2) is 4.98. The highest BCUT2D eigenvalue weighted by atomic mass is 32.2. The molecule has 7 heteroatoms. The number of carbonyl (C=O) groups excluding carboxylic acids is 1. The first-order valence-electron chi connectivity index (χ1n) is 6.51. The third-order valence-electron chi connectivity index (χ3n) is 3.97. The summed E-state index contributed by atoms with van der Waals surface area (Å²) in [6.45, 7) is 0.358. The molecule has 0 spiro atoms. The number of allylic oxidation sites excluding steroid dienone is 2. The molecule has 3 unspecified atom stereocenters. The second-order valence-corrected chi connectivity index (χ2v) is 8.33. The van der Waals surface area contributed by atoms with Crippen molar-refractivity contribution in [1.82, 2.24) is 5.32 Å². The minimum absolute atomic E-state index is 0.0624. The normalized spacial score (nSPS) is 27.9. The lowest BCUT2D eigenvalue weighted by atomic mass is 9.93. The molecule has 3 N–H and O–H groups in total. The molecule has 20 heavy (non-hydrogen) atoms. The lowest BCUT2D eigenvalue weighted by Gasteiger charge is -2.17. The molecule has 3 rings (SSSR count). The first kappa shape index (κ1) is 13.8. The summed E-state index contributed by atoms with van der Waals surface area (Å²) in [4.78, 5) is 12.9. The van der Waals surface area contributed by atoms with Gasteiger partial charge in [0.2, 0.25) is 15.9 Å². The summed E-state index contributed by atoms with van der Waals surface area (Å²) in [7, 11) is -3.65. The Morgan fingerprint density at radius 3 is 2.70 bits per heavy atom. The van der Waals surface area contributed by atoms with Gasteiger partial charge in [0, 0.05) is 10.8 Å². The van der Waals surface area contributed by atoms with Crippen LogP contribution in [0, 0.1) is 17.8 Å². The smallest absolute Gasteiger partial charge is 0.247 e. The fourth-order valence-corrected chi connectivity index (χ4v) is 4.71. The van der Waals surface area contributed by atoms with Crippen LogP contribution in [0.25, 0.3) is 0 Å². The van der Waals surface area contributed by atoms with Crippen molar-refractivity contribution in [2.24, 2.45) is 22.9 Å². The third kappa shape index (κ3) is 2.65. The van der Waals surface area contributed by atoms with Gasteiger partial charge in [0.15, 0.2) is 0 Å². The van der Waals surface area contributed by atoms with Crippen LogP contribution in [0.1, 0.15) is 17.7 Å². The van der Waals surface area contributed by atoms with Crippen LogP contribution < -0.4 is 10.5 Å². The highest BCUT2D eigenvalue weighted by Gasteiger charge is 2.39. The van der Waals surface area contributed by atoms with Gasteiger partial charge >= 0.3 is 0 Å². The first-order chi connectivity index (χ1) is 9.43. The standard InChI is InChI=1S/C13H16N2O3S2/c14-20(17,18)12-4-3-10(19-12)7-15-13(16)11-6-8-1-2-9(11)5-8/h1-4,8-9,11H,5-7H2,(H,15,16)(H2,14,17,18). The molecule has 0 saturated heterocycles. The molecule has 5 nitrogen and oxygen atoms in total. The summed E-state index contributed by atoms with van der Waals surface area (Å²) in [6, 6.07) is 3.16. The number of nitrogens with one attached hydrogen (secondary N) is 1. The van der Waals surface area contributed by atoms with E-state index in [1.165, 1.54) is 6.07 Å². The molecular formula is C13H16N2O3S2. The maximum absolute atomic E-state index is 12.1. The lowest BCUT2D eigenvalue weighted by Crippen LogP contribution is -2.32. The van der Waals surface area contributed by atoms with Gasteiger partial charge in [0.05, 0.1) is 6.54 Å². The summed E-state index contributed by atoms with van der Waals surface area (Å²) >= 11 is 1.10. The fourth-order valence-electron chi connectivity index (χ4n) is 2.99. The molecule has 0 radical (unpaired) electrons. The number of sulfonamides is 1. The highest BCUT2D eigenvalue weighted by molar-refractivity contribution is 7.91. The molecular weight excluding hydrogens is 296 g/mol. The Bertz CT molecular complexity index is 663. The van der Waals surface area contributed by atoms with Crippen molar-refractivity contribution in [2.75, 3.05) is 0 Å². The highest BCUT2D eigenvalue weighted by Crippen LogP contribution is 2.43. The number of amides is 1. The van der Waals surface area contributed by atoms with Crippen molar-refractivity contribution in [1.29, 1.82) is 0 Å². The van der Waals surface area contributed by atoms with Gasteiger partial charge in [-0.1, -0.05) is 12.2 Å². The predicted molar refractivity (Wildman–Crippen MR) is 76.4 cm³/mol. The van der Waals surface area contributed by atoms with E-state index < -0.39 is 10.0 Å². The van der Waals surface area contributed by atoms with Gasteiger partial charge < -0.3 is 5.32 Å². The molecule has 1 saturated carbocycles. The number of nitrogens with two attached hydrogens (primary N) is 1. The van der Waals surface area contributed by atoms with E-state index in [1.807, 2.05) is 0 Å². The molecule has 1 aromatic rings. The van der Waals surface area contributed by atoms with Gasteiger partial charge in [0.25, 0.3) is 0 Å². The van der Waals surface area contributed by atoms with Crippen LogP contribution in [0.2, 0.25) is 0 Å². The molecule has 1 heterocycles. The Kier molecular flexibility index (Phi) is 3.43. The van der Waals surface area contributed by atoms with E-state index in [0.717, 1.165) is 29.1 Å². The zero-order valence-electron chi connectivity index (χ0n) is 10.8. The van der Waals surface area contributed by atoms with Gasteiger partial charge in [0.1, 0.15) is 4.21 Å². The summed E-state index contributed by atoms with van der Waals surface area (Å²) in [5.41, 5.74) is 0. The number of rotatable bonds is 4. The zero-order valence-corrected chi connectivity index (χ0v) is 12.4. The van der Waals surface area contributed by atoms with Gasteiger partial charge in [-0.2, -0.15) is 0 Å². The van der Waals surface area contributed by atoms with Crippen molar-refractivity contribution < 1.29 is 13.2 Å². The van der Waals surface area contributed by atoms with Gasteiger partial charge in [-0.25, -0.2) is 13.6 Å². The number of fused-ring (bicyclic) bond motifs is 2. The van der Waals surface area contributed by atoms with Crippen LogP contribution in [0.5, 0.6) is 0 Å². The van der Waals surface area contributed by atoms with Crippen LogP contribution in [-0.4, -0.2) is 14.3 Å². The molecule has 3 atom stereocenters. The molecule has 0 aromatic carbocycles. The van der Waals surface area contributed by atoms with Crippen LogP contribution in [0.15, 0.2) is 28.5 Å². The molecule has 1 amide bonds. The van der Waals surface area contributed by atoms with Gasteiger partial charge in [-0.3, -0.25) is 4.79 Å². The zero-order chi connectivity index (χ0) is 14.3. The van der Waals surface area contributed by atoms with E-state index in [9.17, 15) is 13.2 Å². The van der Waals surface area contributed by atoms with Crippen LogP contribution in [0.4, 0.5) is 0 Å². The summed E-state index contributed by atoms with van der Waals surface area (Å²) in [5.74, 6) is 1.07. The Hall–Kier alpha value is -1.18. The topological polar surface area (TPSA) is 89.3 Å². The molecule has 1 aromatic heterocycles. The fraction of sp³-hybridized carbons (Fsp3) is 0.462. The second-order valence-electron chi connectivity index (χ2n) is 5.37. The number of primary sulfonamides is 1. The predicted octanol–water partition coefficient (Wildman–Crippen LogP) is 1.22. The minimum atomic E-state index is -3.65. The van der Waals surface area contributed by atoms with Crippen molar-refractivity contribution in [3.8, 4) is 0 Å². The van der Waals surface area contributed by atoms with E-state index in [4.69, 9.17) is 5.14 Å². The molecule has 0 aliphatic heterocycles. The average molecular weight is 312 g/mol. The number of hydrogen-bond donors (Lipinski definition) is 2. The van der Waals surface area contributed by atoms with Gasteiger partial charge in [-0.05, 0) is 36.8 Å². The van der Waals surface area contributed by atoms with E-state index in [0.29, 0.717) is 18.4 Å². The number of thiophene rings is 1. The van der Waals surface area contributed by atoms with Crippen molar-refractivity contribution >= 4 is 27.3 Å². The van der Waals surface area contributed by atoms with E-state index in [-0.39, 0.29) is 16.0 Å². The number of carbonyl (C=O) groups is 1. The molecule has 2 aliphatic carbocycles. The average Bonchev–Trinajstić information content (AvgIpc) is 3.10. The summed E-state index contributed by atoms with van der Waals surface area (Å²) in [6.07, 6.45) is 6.36. The Labute approximate surface area is 121 Å². The molecule has 2 bridgehead atoms. The Morgan fingerprint density at radius 1 is 1.35 bits per heavy atom. The summed E-state index contributed by atoms with van der Waals surface area (Å²) in [5, 5.41) is 7.95. The lowest BCUT2D eigenvalue weighted by molar-refractivity contribution is -0.125. The van der Waals surface area contributed by atoms with Crippen LogP contribution in [-0.2, 0) is 21.4 Å². The summed E-state index contributed by atoms with van der Waals surface area (Å²) < 4.78 is 22.5. The molecule has 1 fully saturated rings.